The molecule has 2 saturated heterocycles. The summed E-state index contributed by atoms with van der Waals surface area (Å²) in [5, 5.41) is 0. The fourth-order valence-electron chi connectivity index (χ4n) is 3.33. The lowest BCUT2D eigenvalue weighted by Gasteiger charge is -2.36. The summed E-state index contributed by atoms with van der Waals surface area (Å²) in [7, 11) is 0. The summed E-state index contributed by atoms with van der Waals surface area (Å²) < 4.78 is 37.4. The lowest BCUT2D eigenvalue weighted by Crippen LogP contribution is -2.50. The second-order valence-electron chi connectivity index (χ2n) is 5.62. The molecule has 2 bridgehead atoms. The van der Waals surface area contributed by atoms with Crippen molar-refractivity contribution in [3.63, 3.8) is 0 Å². The molecule has 104 valence electrons. The van der Waals surface area contributed by atoms with Gasteiger partial charge in [0.05, 0.1) is 0 Å². The smallest absolute Gasteiger partial charge is 0.448 e. The Balaban J connectivity index is 1.58. The molecular formula is C13H17BF3N2-. The Morgan fingerprint density at radius 3 is 2.21 bits per heavy atom. The largest absolute Gasteiger partial charge is 0.492 e. The van der Waals surface area contributed by atoms with Crippen LogP contribution in [0.5, 0.6) is 0 Å². The Morgan fingerprint density at radius 2 is 1.63 bits per heavy atom. The number of benzene rings is 1. The summed E-state index contributed by atoms with van der Waals surface area (Å²) in [6.07, 6.45) is 0.194. The van der Waals surface area contributed by atoms with E-state index in [4.69, 9.17) is 0 Å². The molecule has 0 saturated carbocycles. The number of halogens is 3. The Labute approximate surface area is 111 Å². The van der Waals surface area contributed by atoms with Crippen molar-refractivity contribution in [1.82, 2.24) is 9.80 Å². The predicted octanol–water partition coefficient (Wildman–Crippen LogP) is 2.33. The first kappa shape index (κ1) is 13.0. The standard InChI is InChI=1S/C13H17BF3N2/c15-14(16,17)10-19-9-12-6-13(19)8-18(12)7-11-4-2-1-3-5-11/h1-5,12-13H,6-10H2/q-1. The normalized spacial score (nSPS) is 28.2. The second kappa shape index (κ2) is 4.83. The van der Waals surface area contributed by atoms with E-state index < -0.39 is 13.4 Å². The summed E-state index contributed by atoms with van der Waals surface area (Å²) in [4.78, 5) is 3.94. The quantitative estimate of drug-likeness (QED) is 0.774. The second-order valence-corrected chi connectivity index (χ2v) is 5.62. The molecule has 19 heavy (non-hydrogen) atoms. The number of fused-ring (bicyclic) bond motifs is 2. The molecule has 2 fully saturated rings. The van der Waals surface area contributed by atoms with E-state index in [1.54, 1.807) is 4.90 Å². The van der Waals surface area contributed by atoms with Gasteiger partial charge in [-0.2, -0.15) is 0 Å². The maximum atomic E-state index is 12.5. The highest BCUT2D eigenvalue weighted by molar-refractivity contribution is 6.58. The van der Waals surface area contributed by atoms with E-state index in [2.05, 4.69) is 17.0 Å². The van der Waals surface area contributed by atoms with Gasteiger partial charge in [-0.25, -0.2) is 0 Å². The molecule has 0 N–H and O–H groups in total. The van der Waals surface area contributed by atoms with Gasteiger partial charge in [-0.15, -0.1) is 0 Å². The highest BCUT2D eigenvalue weighted by atomic mass is 19.4. The van der Waals surface area contributed by atoms with E-state index in [-0.39, 0.29) is 6.04 Å². The van der Waals surface area contributed by atoms with Crippen LogP contribution in [0, 0.1) is 0 Å². The van der Waals surface area contributed by atoms with E-state index in [0.29, 0.717) is 12.6 Å². The van der Waals surface area contributed by atoms with Crippen molar-refractivity contribution in [1.29, 1.82) is 0 Å². The van der Waals surface area contributed by atoms with Crippen LogP contribution in [0.2, 0.25) is 0 Å². The Kier molecular flexibility index (Phi) is 3.31. The summed E-state index contributed by atoms with van der Waals surface area (Å²) in [5.41, 5.74) is 1.24. The third kappa shape index (κ3) is 2.95. The van der Waals surface area contributed by atoms with Gasteiger partial charge in [0.1, 0.15) is 0 Å². The van der Waals surface area contributed by atoms with Crippen LogP contribution < -0.4 is 0 Å². The molecule has 6 heteroatoms. The zero-order valence-electron chi connectivity index (χ0n) is 10.7. The van der Waals surface area contributed by atoms with Gasteiger partial charge >= 0.3 is 6.98 Å². The molecule has 3 rings (SSSR count). The third-order valence-corrected chi connectivity index (χ3v) is 4.14. The average molecular weight is 269 g/mol. The van der Waals surface area contributed by atoms with Crippen LogP contribution in [0.25, 0.3) is 0 Å². The van der Waals surface area contributed by atoms with Gasteiger partial charge in [-0.05, 0) is 18.4 Å². The van der Waals surface area contributed by atoms with Crippen LogP contribution in [0.4, 0.5) is 12.9 Å². The topological polar surface area (TPSA) is 6.48 Å². The van der Waals surface area contributed by atoms with Crippen molar-refractivity contribution in [2.75, 3.05) is 19.5 Å². The molecule has 2 unspecified atom stereocenters. The van der Waals surface area contributed by atoms with E-state index in [1.165, 1.54) is 5.56 Å². The fourth-order valence-corrected chi connectivity index (χ4v) is 3.33. The van der Waals surface area contributed by atoms with Gasteiger partial charge in [0.15, 0.2) is 0 Å². The van der Waals surface area contributed by atoms with E-state index in [1.807, 2.05) is 18.2 Å². The van der Waals surface area contributed by atoms with Crippen LogP contribution >= 0.6 is 0 Å². The lowest BCUT2D eigenvalue weighted by molar-refractivity contribution is 0.129. The molecule has 0 spiro atoms. The Hall–Kier alpha value is -1.01. The van der Waals surface area contributed by atoms with Crippen LogP contribution in [-0.4, -0.2) is 48.4 Å². The monoisotopic (exact) mass is 269 g/mol. The van der Waals surface area contributed by atoms with Gasteiger partial charge in [0, 0.05) is 31.7 Å². The van der Waals surface area contributed by atoms with Gasteiger partial charge in [-0.3, -0.25) is 4.90 Å². The third-order valence-electron chi connectivity index (χ3n) is 4.14. The summed E-state index contributed by atoms with van der Waals surface area (Å²) in [6, 6.07) is 10.5. The van der Waals surface area contributed by atoms with Crippen molar-refractivity contribution < 1.29 is 12.9 Å². The maximum absolute atomic E-state index is 12.5. The van der Waals surface area contributed by atoms with E-state index in [0.717, 1.165) is 19.5 Å². The molecule has 2 nitrogen and oxygen atoms in total. The zero-order valence-corrected chi connectivity index (χ0v) is 10.7. The van der Waals surface area contributed by atoms with Crippen molar-refractivity contribution in [3.8, 4) is 0 Å². The minimum absolute atomic E-state index is 0.0946. The number of hydrogen-bond donors (Lipinski definition) is 0. The molecule has 2 atom stereocenters. The van der Waals surface area contributed by atoms with Crippen molar-refractivity contribution in [2.24, 2.45) is 0 Å². The number of rotatable bonds is 4. The molecule has 0 amide bonds. The molecule has 2 aliphatic rings. The summed E-state index contributed by atoms with van der Waals surface area (Å²) in [6.45, 7) is -2.50. The first-order valence-electron chi connectivity index (χ1n) is 6.74. The molecular weight excluding hydrogens is 252 g/mol. The Morgan fingerprint density at radius 1 is 1.00 bits per heavy atom. The van der Waals surface area contributed by atoms with Gasteiger partial charge in [0.2, 0.25) is 0 Å². The summed E-state index contributed by atoms with van der Waals surface area (Å²) >= 11 is 0. The number of likely N-dealkylation sites (tertiary alicyclic amines) is 2. The highest BCUT2D eigenvalue weighted by Gasteiger charge is 2.44. The number of nitrogens with zero attached hydrogens (tertiary/aromatic N) is 2. The minimum atomic E-state index is -4.69. The van der Waals surface area contributed by atoms with Gasteiger partial charge in [0.25, 0.3) is 0 Å². The summed E-state index contributed by atoms with van der Waals surface area (Å²) in [5.74, 6) is 0. The van der Waals surface area contributed by atoms with Crippen LogP contribution in [0.1, 0.15) is 12.0 Å². The van der Waals surface area contributed by atoms with Gasteiger partial charge in [-0.1, -0.05) is 30.3 Å². The molecule has 0 radical (unpaired) electrons. The number of piperazine rings is 1. The van der Waals surface area contributed by atoms with E-state index in [9.17, 15) is 12.9 Å². The van der Waals surface area contributed by atoms with Crippen LogP contribution in [-0.2, 0) is 6.54 Å². The first-order valence-corrected chi connectivity index (χ1v) is 6.74. The van der Waals surface area contributed by atoms with Gasteiger partial charge < -0.3 is 17.8 Å². The lowest BCUT2D eigenvalue weighted by atomic mass is 9.90. The molecule has 2 heterocycles. The molecule has 1 aromatic carbocycles. The van der Waals surface area contributed by atoms with E-state index >= 15 is 0 Å². The highest BCUT2D eigenvalue weighted by Crippen LogP contribution is 2.32. The maximum Gasteiger partial charge on any atom is 0.492 e. The fraction of sp³-hybridized carbons (Fsp3) is 0.538. The number of hydrogen-bond acceptors (Lipinski definition) is 2. The Bertz CT molecular complexity index is 437. The SMILES string of the molecule is F[B-](F)(F)CN1CC2CC1CN2Cc1ccccc1. The zero-order chi connectivity index (χ0) is 13.5. The minimum Gasteiger partial charge on any atom is -0.448 e. The molecule has 0 aromatic heterocycles. The van der Waals surface area contributed by atoms with Crippen molar-refractivity contribution in [3.05, 3.63) is 35.9 Å². The first-order chi connectivity index (χ1) is 9.01. The molecule has 2 aliphatic heterocycles. The predicted molar refractivity (Wildman–Crippen MR) is 69.7 cm³/mol. The van der Waals surface area contributed by atoms with Crippen molar-refractivity contribution >= 4 is 6.98 Å². The van der Waals surface area contributed by atoms with Crippen LogP contribution in [0.15, 0.2) is 30.3 Å². The molecule has 0 aliphatic carbocycles. The molecule has 1 aromatic rings. The van der Waals surface area contributed by atoms with Crippen molar-refractivity contribution in [2.45, 2.75) is 25.0 Å². The van der Waals surface area contributed by atoms with Crippen LogP contribution in [0.3, 0.4) is 0 Å². The average Bonchev–Trinajstić information content (AvgIpc) is 2.87.